The fourth-order valence-corrected chi connectivity index (χ4v) is 3.40. The highest BCUT2D eigenvalue weighted by molar-refractivity contribution is 4.75. The molecule has 1 rings (SSSR count). The molecule has 0 amide bonds. The van der Waals surface area contributed by atoms with Crippen LogP contribution in [0.4, 0.5) is 0 Å². The Morgan fingerprint density at radius 2 is 1.45 bits per heavy atom. The van der Waals surface area contributed by atoms with Gasteiger partial charge in [0.25, 0.3) is 0 Å². The summed E-state index contributed by atoms with van der Waals surface area (Å²) in [5, 5.41) is 3.40. The van der Waals surface area contributed by atoms with Gasteiger partial charge < -0.3 is 10.1 Å². The summed E-state index contributed by atoms with van der Waals surface area (Å²) in [6.07, 6.45) is 12.3. The molecule has 0 spiro atoms. The minimum absolute atomic E-state index is 0.324. The van der Waals surface area contributed by atoms with Gasteiger partial charge in [0.1, 0.15) is 0 Å². The van der Waals surface area contributed by atoms with Gasteiger partial charge in [-0.15, -0.1) is 0 Å². The lowest BCUT2D eigenvalue weighted by Gasteiger charge is -2.31. The minimum atomic E-state index is 0.324. The van der Waals surface area contributed by atoms with E-state index in [-0.39, 0.29) is 0 Å². The fourth-order valence-electron chi connectivity index (χ4n) is 3.40. The smallest absolute Gasteiger partial charge is 0.0599 e. The molecule has 0 unspecified atom stereocenters. The molecule has 1 heterocycles. The highest BCUT2D eigenvalue weighted by atomic mass is 16.5. The van der Waals surface area contributed by atoms with Crippen LogP contribution in [0.2, 0.25) is 0 Å². The quantitative estimate of drug-likeness (QED) is 0.504. The first kappa shape index (κ1) is 20.0. The molecule has 1 aliphatic heterocycles. The molecule has 2 nitrogen and oxygen atoms in total. The van der Waals surface area contributed by atoms with E-state index in [1.165, 1.54) is 57.8 Å². The first-order chi connectivity index (χ1) is 10.3. The summed E-state index contributed by atoms with van der Waals surface area (Å²) < 4.78 is 6.17. The summed E-state index contributed by atoms with van der Waals surface area (Å²) in [7, 11) is 0. The summed E-state index contributed by atoms with van der Waals surface area (Å²) in [6, 6.07) is 0. The second-order valence-corrected chi connectivity index (χ2v) is 8.90. The van der Waals surface area contributed by atoms with Crippen LogP contribution in [0.1, 0.15) is 92.4 Å². The molecule has 1 fully saturated rings. The number of piperidine rings is 1. The van der Waals surface area contributed by atoms with E-state index in [0.717, 1.165) is 19.7 Å². The van der Waals surface area contributed by atoms with E-state index >= 15 is 0 Å². The lowest BCUT2D eigenvalue weighted by Crippen LogP contribution is -2.34. The summed E-state index contributed by atoms with van der Waals surface area (Å²) in [5.74, 6) is 0. The van der Waals surface area contributed by atoms with Crippen LogP contribution in [0.5, 0.6) is 0 Å². The molecule has 1 N–H and O–H groups in total. The van der Waals surface area contributed by atoms with Crippen molar-refractivity contribution >= 4 is 0 Å². The first-order valence-corrected chi connectivity index (χ1v) is 9.67. The van der Waals surface area contributed by atoms with Crippen molar-refractivity contribution < 1.29 is 4.74 Å². The highest BCUT2D eigenvalue weighted by Gasteiger charge is 2.23. The van der Waals surface area contributed by atoms with Gasteiger partial charge in [0.2, 0.25) is 0 Å². The van der Waals surface area contributed by atoms with Gasteiger partial charge in [-0.2, -0.15) is 0 Å². The van der Waals surface area contributed by atoms with Crippen molar-refractivity contribution in [3.05, 3.63) is 0 Å². The third-order valence-electron chi connectivity index (χ3n) is 5.16. The molecule has 2 heteroatoms. The molecule has 0 atom stereocenters. The van der Waals surface area contributed by atoms with E-state index < -0.39 is 0 Å². The van der Waals surface area contributed by atoms with Crippen LogP contribution >= 0.6 is 0 Å². The van der Waals surface area contributed by atoms with Crippen molar-refractivity contribution in [3.63, 3.8) is 0 Å². The topological polar surface area (TPSA) is 21.3 Å². The molecule has 1 aliphatic rings. The SMILES string of the molecule is CCCCCC(C)(C)CCCC(C)(C)COC1CCNCC1. The van der Waals surface area contributed by atoms with Gasteiger partial charge in [0, 0.05) is 0 Å². The number of unbranched alkanes of at least 4 members (excludes halogenated alkanes) is 2. The van der Waals surface area contributed by atoms with Crippen molar-refractivity contribution in [2.24, 2.45) is 10.8 Å². The van der Waals surface area contributed by atoms with Gasteiger partial charge in [-0.05, 0) is 56.0 Å². The monoisotopic (exact) mass is 311 g/mol. The van der Waals surface area contributed by atoms with Gasteiger partial charge in [-0.1, -0.05) is 60.3 Å². The van der Waals surface area contributed by atoms with Crippen LogP contribution in [0.15, 0.2) is 0 Å². The average Bonchev–Trinajstić information content (AvgIpc) is 2.46. The summed E-state index contributed by atoms with van der Waals surface area (Å²) in [4.78, 5) is 0. The van der Waals surface area contributed by atoms with E-state index in [1.54, 1.807) is 0 Å². The zero-order valence-corrected chi connectivity index (χ0v) is 16.0. The molecule has 0 aromatic heterocycles. The normalized spacial score (nSPS) is 17.9. The van der Waals surface area contributed by atoms with Gasteiger partial charge in [0.15, 0.2) is 0 Å². The Labute approximate surface area is 139 Å². The predicted octanol–water partition coefficient (Wildman–Crippen LogP) is 5.56. The minimum Gasteiger partial charge on any atom is -0.378 e. The Morgan fingerprint density at radius 3 is 2.09 bits per heavy atom. The summed E-state index contributed by atoms with van der Waals surface area (Å²) in [5.41, 5.74) is 0.839. The Balaban J connectivity index is 2.17. The van der Waals surface area contributed by atoms with Gasteiger partial charge in [-0.25, -0.2) is 0 Å². The number of ether oxygens (including phenoxy) is 1. The lowest BCUT2D eigenvalue weighted by molar-refractivity contribution is -0.0152. The molecular formula is C20H41NO. The van der Waals surface area contributed by atoms with Crippen LogP contribution in [0.25, 0.3) is 0 Å². The molecule has 0 aliphatic carbocycles. The zero-order valence-electron chi connectivity index (χ0n) is 16.0. The highest BCUT2D eigenvalue weighted by Crippen LogP contribution is 2.33. The van der Waals surface area contributed by atoms with Crippen LogP contribution in [0, 0.1) is 10.8 Å². The number of nitrogens with one attached hydrogen (secondary N) is 1. The van der Waals surface area contributed by atoms with E-state index in [1.807, 2.05) is 0 Å². The van der Waals surface area contributed by atoms with Crippen LogP contribution in [0.3, 0.4) is 0 Å². The van der Waals surface area contributed by atoms with Crippen molar-refractivity contribution in [3.8, 4) is 0 Å². The molecule has 1 saturated heterocycles. The zero-order chi connectivity index (χ0) is 16.5. The number of rotatable bonds is 11. The lowest BCUT2D eigenvalue weighted by atomic mass is 9.79. The molecule has 0 radical (unpaired) electrons. The summed E-state index contributed by atoms with van der Waals surface area (Å²) >= 11 is 0. The van der Waals surface area contributed by atoms with E-state index in [4.69, 9.17) is 4.74 Å². The molecular weight excluding hydrogens is 270 g/mol. The molecule has 0 bridgehead atoms. The Bertz CT molecular complexity index is 279. The average molecular weight is 312 g/mol. The maximum atomic E-state index is 6.17. The van der Waals surface area contributed by atoms with Gasteiger partial charge in [-0.3, -0.25) is 0 Å². The maximum Gasteiger partial charge on any atom is 0.0599 e. The third-order valence-corrected chi connectivity index (χ3v) is 5.16. The van der Waals surface area contributed by atoms with E-state index in [9.17, 15) is 0 Å². The standard InChI is InChI=1S/C20H41NO/c1-6-7-8-12-19(2,3)13-9-14-20(4,5)17-22-18-10-15-21-16-11-18/h18,21H,6-17H2,1-5H3. The molecule has 0 saturated carbocycles. The Hall–Kier alpha value is -0.0800. The third kappa shape index (κ3) is 9.15. The Kier molecular flexibility index (Phi) is 9.01. The molecule has 132 valence electrons. The second-order valence-electron chi connectivity index (χ2n) is 8.90. The number of hydrogen-bond acceptors (Lipinski definition) is 2. The number of hydrogen-bond donors (Lipinski definition) is 1. The van der Waals surface area contributed by atoms with Crippen molar-refractivity contribution in [2.45, 2.75) is 98.5 Å². The molecule has 0 aromatic carbocycles. The predicted molar refractivity (Wildman–Crippen MR) is 97.4 cm³/mol. The van der Waals surface area contributed by atoms with Crippen molar-refractivity contribution in [1.29, 1.82) is 0 Å². The Morgan fingerprint density at radius 1 is 0.864 bits per heavy atom. The van der Waals surface area contributed by atoms with Gasteiger partial charge in [0.05, 0.1) is 12.7 Å². The van der Waals surface area contributed by atoms with Crippen LogP contribution in [-0.2, 0) is 4.74 Å². The van der Waals surface area contributed by atoms with Crippen LogP contribution < -0.4 is 5.32 Å². The fraction of sp³-hybridized carbons (Fsp3) is 1.00. The molecule has 0 aromatic rings. The van der Waals surface area contributed by atoms with E-state index in [2.05, 4.69) is 39.9 Å². The second kappa shape index (κ2) is 9.93. The first-order valence-electron chi connectivity index (χ1n) is 9.67. The summed E-state index contributed by atoms with van der Waals surface area (Å²) in [6.45, 7) is 15.1. The largest absolute Gasteiger partial charge is 0.378 e. The van der Waals surface area contributed by atoms with Crippen molar-refractivity contribution in [1.82, 2.24) is 5.32 Å². The van der Waals surface area contributed by atoms with Crippen molar-refractivity contribution in [2.75, 3.05) is 19.7 Å². The maximum absolute atomic E-state index is 6.17. The molecule has 22 heavy (non-hydrogen) atoms. The van der Waals surface area contributed by atoms with E-state index in [0.29, 0.717) is 16.9 Å². The van der Waals surface area contributed by atoms with Gasteiger partial charge >= 0.3 is 0 Å². The van der Waals surface area contributed by atoms with Crippen LogP contribution in [-0.4, -0.2) is 25.8 Å².